The molecule has 19 heavy (non-hydrogen) atoms. The summed E-state index contributed by atoms with van der Waals surface area (Å²) in [5.41, 5.74) is 0.335. The molecule has 0 saturated carbocycles. The normalized spacial score (nSPS) is 15.8. The van der Waals surface area contributed by atoms with Gasteiger partial charge in [0.1, 0.15) is 12.2 Å². The van der Waals surface area contributed by atoms with Crippen LogP contribution in [0.2, 0.25) is 0 Å². The summed E-state index contributed by atoms with van der Waals surface area (Å²) in [6.45, 7) is 17.5. The van der Waals surface area contributed by atoms with Crippen LogP contribution >= 0.6 is 0 Å². The van der Waals surface area contributed by atoms with Gasteiger partial charge in [-0.2, -0.15) is 5.10 Å². The molecular formula is C15H30N4. The van der Waals surface area contributed by atoms with Gasteiger partial charge >= 0.3 is 0 Å². The van der Waals surface area contributed by atoms with Crippen molar-refractivity contribution in [1.82, 2.24) is 20.1 Å². The van der Waals surface area contributed by atoms with E-state index in [2.05, 4.69) is 63.9 Å². The molecule has 1 unspecified atom stereocenters. The van der Waals surface area contributed by atoms with Gasteiger partial charge < -0.3 is 5.32 Å². The summed E-state index contributed by atoms with van der Waals surface area (Å²) in [5.74, 6) is 1.68. The van der Waals surface area contributed by atoms with E-state index in [0.717, 1.165) is 25.3 Å². The van der Waals surface area contributed by atoms with Crippen molar-refractivity contribution >= 4 is 0 Å². The molecule has 4 nitrogen and oxygen atoms in total. The van der Waals surface area contributed by atoms with Crippen LogP contribution in [-0.4, -0.2) is 26.8 Å². The van der Waals surface area contributed by atoms with Crippen LogP contribution in [0.1, 0.15) is 54.3 Å². The third kappa shape index (κ3) is 4.60. The Morgan fingerprint density at radius 1 is 1.26 bits per heavy atom. The highest BCUT2D eigenvalue weighted by atomic mass is 15.3. The number of hydrogen-bond acceptors (Lipinski definition) is 3. The van der Waals surface area contributed by atoms with Crippen LogP contribution in [0.4, 0.5) is 0 Å². The second-order valence-electron chi connectivity index (χ2n) is 7.08. The number of hydrogen-bond donors (Lipinski definition) is 1. The van der Waals surface area contributed by atoms with Crippen LogP contribution in [-0.2, 0) is 13.0 Å². The maximum Gasteiger partial charge on any atom is 0.138 e. The molecule has 1 atom stereocenters. The Labute approximate surface area is 118 Å². The van der Waals surface area contributed by atoms with Crippen molar-refractivity contribution < 1.29 is 0 Å². The first kappa shape index (κ1) is 16.2. The quantitative estimate of drug-likeness (QED) is 0.861. The fourth-order valence-corrected chi connectivity index (χ4v) is 1.99. The number of nitrogens with one attached hydrogen (secondary N) is 1. The summed E-state index contributed by atoms with van der Waals surface area (Å²) in [6, 6.07) is 0. The average molecular weight is 266 g/mol. The Balaban J connectivity index is 2.82. The van der Waals surface area contributed by atoms with E-state index in [-0.39, 0.29) is 11.0 Å². The van der Waals surface area contributed by atoms with Crippen molar-refractivity contribution in [2.75, 3.05) is 6.54 Å². The van der Waals surface area contributed by atoms with E-state index in [9.17, 15) is 0 Å². The molecule has 0 saturated heterocycles. The maximum atomic E-state index is 4.42. The predicted octanol–water partition coefficient (Wildman–Crippen LogP) is 2.89. The minimum absolute atomic E-state index is 0.147. The zero-order chi connectivity index (χ0) is 14.7. The summed E-state index contributed by atoms with van der Waals surface area (Å²) in [5, 5.41) is 7.91. The van der Waals surface area contributed by atoms with Crippen LogP contribution in [0.5, 0.6) is 0 Å². The van der Waals surface area contributed by atoms with E-state index in [0.29, 0.717) is 5.92 Å². The molecule has 0 aliphatic heterocycles. The van der Waals surface area contributed by atoms with Gasteiger partial charge in [-0.15, -0.1) is 0 Å². The smallest absolute Gasteiger partial charge is 0.138 e. The van der Waals surface area contributed by atoms with Gasteiger partial charge in [0.25, 0.3) is 0 Å². The molecule has 0 aromatic carbocycles. The van der Waals surface area contributed by atoms with Gasteiger partial charge in [-0.25, -0.2) is 4.98 Å². The molecule has 1 N–H and O–H groups in total. The van der Waals surface area contributed by atoms with Gasteiger partial charge in [-0.3, -0.25) is 4.68 Å². The molecule has 0 amide bonds. The monoisotopic (exact) mass is 266 g/mol. The van der Waals surface area contributed by atoms with Crippen LogP contribution < -0.4 is 5.32 Å². The predicted molar refractivity (Wildman–Crippen MR) is 80.1 cm³/mol. The highest BCUT2D eigenvalue weighted by Gasteiger charge is 2.31. The zero-order valence-corrected chi connectivity index (χ0v) is 13.6. The summed E-state index contributed by atoms with van der Waals surface area (Å²) >= 11 is 0. The SMILES string of the molecule is CCn1ncnc1CC(C)(CNC(C)(C)C)C(C)C. The largest absolute Gasteiger partial charge is 0.312 e. The zero-order valence-electron chi connectivity index (χ0n) is 13.6. The Hall–Kier alpha value is -0.900. The Kier molecular flexibility index (Phi) is 5.13. The summed E-state index contributed by atoms with van der Waals surface area (Å²) < 4.78 is 2.00. The first-order valence-corrected chi connectivity index (χ1v) is 7.29. The van der Waals surface area contributed by atoms with E-state index >= 15 is 0 Å². The van der Waals surface area contributed by atoms with Gasteiger partial charge in [0.2, 0.25) is 0 Å². The lowest BCUT2D eigenvalue weighted by Crippen LogP contribution is -2.46. The molecule has 0 aliphatic rings. The van der Waals surface area contributed by atoms with Gasteiger partial charge in [-0.05, 0) is 39.0 Å². The Morgan fingerprint density at radius 3 is 2.37 bits per heavy atom. The Bertz CT molecular complexity index is 389. The van der Waals surface area contributed by atoms with Crippen LogP contribution in [0.25, 0.3) is 0 Å². The molecule has 1 rings (SSSR count). The van der Waals surface area contributed by atoms with E-state index in [1.165, 1.54) is 0 Å². The Morgan fingerprint density at radius 2 is 1.89 bits per heavy atom. The maximum absolute atomic E-state index is 4.42. The molecule has 0 radical (unpaired) electrons. The van der Waals surface area contributed by atoms with E-state index in [1.54, 1.807) is 6.33 Å². The van der Waals surface area contributed by atoms with Crippen molar-refractivity contribution in [1.29, 1.82) is 0 Å². The molecule has 0 fully saturated rings. The van der Waals surface area contributed by atoms with E-state index in [4.69, 9.17) is 0 Å². The topological polar surface area (TPSA) is 42.7 Å². The van der Waals surface area contributed by atoms with Gasteiger partial charge in [0.15, 0.2) is 0 Å². The number of rotatable bonds is 6. The van der Waals surface area contributed by atoms with E-state index in [1.807, 2.05) is 4.68 Å². The molecular weight excluding hydrogens is 236 g/mol. The van der Waals surface area contributed by atoms with Crippen LogP contribution in [0.15, 0.2) is 6.33 Å². The average Bonchev–Trinajstić information content (AvgIpc) is 2.72. The van der Waals surface area contributed by atoms with Crippen LogP contribution in [0.3, 0.4) is 0 Å². The second kappa shape index (κ2) is 6.04. The van der Waals surface area contributed by atoms with Crippen molar-refractivity contribution in [2.24, 2.45) is 11.3 Å². The molecule has 1 aromatic heterocycles. The molecule has 4 heteroatoms. The van der Waals surface area contributed by atoms with Gasteiger partial charge in [0.05, 0.1) is 0 Å². The number of aryl methyl sites for hydroxylation is 1. The summed E-state index contributed by atoms with van der Waals surface area (Å²) in [4.78, 5) is 4.42. The number of nitrogens with zero attached hydrogens (tertiary/aromatic N) is 3. The third-order valence-electron chi connectivity index (χ3n) is 3.97. The van der Waals surface area contributed by atoms with Crippen LogP contribution in [0, 0.1) is 11.3 Å². The highest BCUT2D eigenvalue weighted by Crippen LogP contribution is 2.30. The first-order chi connectivity index (χ1) is 8.68. The molecule has 0 aliphatic carbocycles. The fraction of sp³-hybridized carbons (Fsp3) is 0.867. The van der Waals surface area contributed by atoms with E-state index < -0.39 is 0 Å². The van der Waals surface area contributed by atoms with Gasteiger partial charge in [0, 0.05) is 25.0 Å². The second-order valence-corrected chi connectivity index (χ2v) is 7.08. The van der Waals surface area contributed by atoms with Gasteiger partial charge in [-0.1, -0.05) is 20.8 Å². The molecule has 110 valence electrons. The molecule has 1 heterocycles. The number of aromatic nitrogens is 3. The van der Waals surface area contributed by atoms with Crippen molar-refractivity contribution in [3.8, 4) is 0 Å². The molecule has 1 aromatic rings. The lowest BCUT2D eigenvalue weighted by Gasteiger charge is -2.36. The van der Waals surface area contributed by atoms with Crippen molar-refractivity contribution in [3.05, 3.63) is 12.2 Å². The molecule has 0 spiro atoms. The van der Waals surface area contributed by atoms with Crippen molar-refractivity contribution in [3.63, 3.8) is 0 Å². The standard InChI is InChI=1S/C15H30N4/c1-8-19-13(16-11-18-19)9-15(7,12(2)3)10-17-14(4,5)6/h11-12,17H,8-10H2,1-7H3. The highest BCUT2D eigenvalue weighted by molar-refractivity contribution is 4.95. The minimum atomic E-state index is 0.147. The summed E-state index contributed by atoms with van der Waals surface area (Å²) in [6.07, 6.45) is 2.62. The summed E-state index contributed by atoms with van der Waals surface area (Å²) in [7, 11) is 0. The minimum Gasteiger partial charge on any atom is -0.312 e. The fourth-order valence-electron chi connectivity index (χ4n) is 1.99. The lowest BCUT2D eigenvalue weighted by molar-refractivity contribution is 0.182. The third-order valence-corrected chi connectivity index (χ3v) is 3.97. The first-order valence-electron chi connectivity index (χ1n) is 7.29. The molecule has 0 bridgehead atoms. The van der Waals surface area contributed by atoms with Crippen molar-refractivity contribution in [2.45, 2.75) is 67.0 Å². The lowest BCUT2D eigenvalue weighted by atomic mass is 9.75.